The number of para-hydroxylation sites is 1. The Kier molecular flexibility index (Phi) is 10.2. The molecule has 1 fully saturated rings. The third kappa shape index (κ3) is 7.58. The van der Waals surface area contributed by atoms with Crippen LogP contribution in [-0.4, -0.2) is 62.9 Å². The molecule has 17 heteroatoms. The lowest BCUT2D eigenvalue weighted by Crippen LogP contribution is -2.46. The van der Waals surface area contributed by atoms with Gasteiger partial charge in [0, 0.05) is 11.1 Å². The second kappa shape index (κ2) is 13.8. The van der Waals surface area contributed by atoms with Crippen LogP contribution in [0.1, 0.15) is 18.7 Å². The molecule has 0 radical (unpaired) electrons. The smallest absolute Gasteiger partial charge is 0.459 e. The van der Waals surface area contributed by atoms with E-state index in [-0.39, 0.29) is 24.6 Å². The molecule has 228 valence electrons. The minimum absolute atomic E-state index is 0.0274. The van der Waals surface area contributed by atoms with Crippen LogP contribution >= 0.6 is 7.75 Å². The number of hydrogen-bond acceptors (Lipinski definition) is 12. The summed E-state index contributed by atoms with van der Waals surface area (Å²) in [5, 5.41) is 27.8. The van der Waals surface area contributed by atoms with Gasteiger partial charge in [-0.15, -0.1) is 0 Å². The topological polar surface area (TPSA) is 233 Å². The second-order valence-corrected chi connectivity index (χ2v) is 11.0. The van der Waals surface area contributed by atoms with Crippen LogP contribution in [0.25, 0.3) is 10.4 Å². The predicted octanol–water partition coefficient (Wildman–Crippen LogP) is 2.05. The normalized spacial score (nSPS) is 23.5. The first-order valence-electron chi connectivity index (χ1n) is 13.0. The van der Waals surface area contributed by atoms with E-state index in [4.69, 9.17) is 24.3 Å². The summed E-state index contributed by atoms with van der Waals surface area (Å²) in [6, 6.07) is 16.7. The third-order valence-corrected chi connectivity index (χ3v) is 7.87. The van der Waals surface area contributed by atoms with Gasteiger partial charge >= 0.3 is 19.4 Å². The monoisotopic (exact) mass is 615 g/mol. The van der Waals surface area contributed by atoms with Gasteiger partial charge in [0.05, 0.1) is 13.2 Å². The van der Waals surface area contributed by atoms with Crippen molar-refractivity contribution in [1.82, 2.24) is 14.6 Å². The first-order valence-corrected chi connectivity index (χ1v) is 14.6. The molecule has 16 nitrogen and oxygen atoms in total. The number of benzene rings is 2. The van der Waals surface area contributed by atoms with E-state index in [1.54, 1.807) is 55.5 Å². The number of nitrogens with zero attached hydrogens (tertiary/aromatic N) is 5. The van der Waals surface area contributed by atoms with Gasteiger partial charge in [0.25, 0.3) is 0 Å². The van der Waals surface area contributed by atoms with Gasteiger partial charge < -0.3 is 29.9 Å². The number of nitrogens with two attached hydrogens (primary N) is 1. The maximum absolute atomic E-state index is 14.2. The maximum atomic E-state index is 14.2. The van der Waals surface area contributed by atoms with Crippen LogP contribution in [0, 0.1) is 0 Å². The van der Waals surface area contributed by atoms with E-state index in [9.17, 15) is 29.9 Å². The molecule has 2 aromatic carbocycles. The van der Waals surface area contributed by atoms with Crippen molar-refractivity contribution in [3.05, 3.63) is 99.4 Å². The summed E-state index contributed by atoms with van der Waals surface area (Å²) in [5.41, 5.74) is 12.2. The number of rotatable bonds is 13. The third-order valence-electron chi connectivity index (χ3n) is 6.32. The number of nitrogens with one attached hydrogen (secondary N) is 1. The molecule has 5 N–H and O–H groups in total. The SMILES string of the molecule is CCOC(=O)C(Cc1ccccc1)NP(=O)(OC[C@@]1(N=[N+]=[N-])OC(n2ccc(N)nc2=O)[C@H](O)[C@@H]1O)Oc1ccccc1. The lowest BCUT2D eigenvalue weighted by Gasteiger charge is -2.30. The van der Waals surface area contributed by atoms with Gasteiger partial charge in [-0.05, 0) is 42.6 Å². The fraction of sp³-hybridized carbons (Fsp3) is 0.346. The highest BCUT2D eigenvalue weighted by Crippen LogP contribution is 2.48. The highest BCUT2D eigenvalue weighted by molar-refractivity contribution is 7.52. The standard InChI is InChI=1S/C26H30N7O9P/c1-2-39-24(36)19(15-17-9-5-3-6-10-17)30-43(38,42-18-11-7-4-8-12-18)40-16-26(31-32-28)22(35)21(34)23(41-26)33-14-13-20(27)29-25(33)37/h3-14,19,21-23,34-35H,2,15-16H2,1H3,(H,30,38)(H2,27,29,37)/t19?,21-,22+,23?,26-,43?/m1/s1. The summed E-state index contributed by atoms with van der Waals surface area (Å²) in [7, 11) is -4.59. The highest BCUT2D eigenvalue weighted by Gasteiger charge is 2.56. The number of carbonyl (C=O) groups excluding carboxylic acids is 1. The number of aromatic nitrogens is 2. The molecule has 3 unspecified atom stereocenters. The molecule has 2 heterocycles. The molecule has 1 saturated heterocycles. The van der Waals surface area contributed by atoms with Crippen molar-refractivity contribution in [2.24, 2.45) is 5.11 Å². The number of hydrogen-bond donors (Lipinski definition) is 4. The van der Waals surface area contributed by atoms with Crippen LogP contribution < -0.4 is 21.0 Å². The van der Waals surface area contributed by atoms with Crippen LogP contribution in [0.15, 0.2) is 82.8 Å². The first-order chi connectivity index (χ1) is 20.6. The van der Waals surface area contributed by atoms with Gasteiger partial charge in [-0.3, -0.25) is 13.9 Å². The van der Waals surface area contributed by atoms with Gasteiger partial charge in [0.2, 0.25) is 5.72 Å². The van der Waals surface area contributed by atoms with Crippen molar-refractivity contribution >= 4 is 19.5 Å². The lowest BCUT2D eigenvalue weighted by atomic mass is 10.1. The maximum Gasteiger partial charge on any atom is 0.459 e. The number of esters is 1. The molecular formula is C26H30N7O9P. The minimum Gasteiger partial charge on any atom is -0.465 e. The average Bonchev–Trinajstić information content (AvgIpc) is 3.22. The van der Waals surface area contributed by atoms with E-state index < -0.39 is 56.2 Å². The van der Waals surface area contributed by atoms with Crippen LogP contribution in [0.5, 0.6) is 5.75 Å². The summed E-state index contributed by atoms with van der Waals surface area (Å²) < 4.78 is 37.3. The van der Waals surface area contributed by atoms with Crippen LogP contribution in [0.4, 0.5) is 5.82 Å². The Morgan fingerprint density at radius 1 is 1.23 bits per heavy atom. The Hall–Kier alpha value is -4.27. The van der Waals surface area contributed by atoms with Gasteiger partial charge in [-0.1, -0.05) is 53.6 Å². The van der Waals surface area contributed by atoms with E-state index in [0.717, 1.165) is 10.8 Å². The quantitative estimate of drug-likeness (QED) is 0.0711. The molecule has 4 rings (SSSR count). The molecule has 0 bridgehead atoms. The second-order valence-electron chi connectivity index (χ2n) is 9.32. The number of carbonyl (C=O) groups is 1. The molecule has 3 aromatic rings. The fourth-order valence-corrected chi connectivity index (χ4v) is 5.78. The zero-order chi connectivity index (χ0) is 31.0. The minimum atomic E-state index is -4.59. The molecule has 1 aliphatic rings. The van der Waals surface area contributed by atoms with Crippen molar-refractivity contribution in [3.63, 3.8) is 0 Å². The molecule has 0 amide bonds. The number of azide groups is 1. The Morgan fingerprint density at radius 2 is 1.91 bits per heavy atom. The average molecular weight is 616 g/mol. The number of anilines is 1. The van der Waals surface area contributed by atoms with E-state index in [1.165, 1.54) is 18.2 Å². The molecule has 0 spiro atoms. The molecule has 1 aliphatic heterocycles. The van der Waals surface area contributed by atoms with Crippen molar-refractivity contribution < 1.29 is 38.1 Å². The van der Waals surface area contributed by atoms with Crippen LogP contribution in [0.3, 0.4) is 0 Å². The lowest BCUT2D eigenvalue weighted by molar-refractivity contribution is -0.145. The summed E-state index contributed by atoms with van der Waals surface area (Å²) in [6.07, 6.45) is -4.22. The van der Waals surface area contributed by atoms with E-state index in [2.05, 4.69) is 20.1 Å². The zero-order valence-electron chi connectivity index (χ0n) is 22.9. The number of ether oxygens (including phenoxy) is 2. The van der Waals surface area contributed by atoms with Crippen molar-refractivity contribution in [2.75, 3.05) is 18.9 Å². The summed E-state index contributed by atoms with van der Waals surface area (Å²) >= 11 is 0. The fourth-order valence-electron chi connectivity index (χ4n) is 4.27. The van der Waals surface area contributed by atoms with Crippen molar-refractivity contribution in [3.8, 4) is 5.75 Å². The Morgan fingerprint density at radius 3 is 2.53 bits per heavy atom. The Labute approximate surface area is 245 Å². The van der Waals surface area contributed by atoms with Gasteiger partial charge in [0.15, 0.2) is 6.23 Å². The summed E-state index contributed by atoms with van der Waals surface area (Å²) in [4.78, 5) is 31.6. The van der Waals surface area contributed by atoms with Gasteiger partial charge in [0.1, 0.15) is 29.8 Å². The van der Waals surface area contributed by atoms with E-state index >= 15 is 0 Å². The molecule has 6 atom stereocenters. The van der Waals surface area contributed by atoms with Crippen LogP contribution in [-0.2, 0) is 29.8 Å². The van der Waals surface area contributed by atoms with Crippen LogP contribution in [0.2, 0.25) is 0 Å². The Balaban J connectivity index is 1.66. The number of nitrogen functional groups attached to an aromatic ring is 1. The number of aliphatic hydroxyl groups excluding tert-OH is 2. The summed E-state index contributed by atoms with van der Waals surface area (Å²) in [5.74, 6) is -0.765. The van der Waals surface area contributed by atoms with Gasteiger partial charge in [-0.2, -0.15) is 10.1 Å². The molecule has 1 aromatic heterocycles. The summed E-state index contributed by atoms with van der Waals surface area (Å²) in [6.45, 7) is 0.691. The highest BCUT2D eigenvalue weighted by atomic mass is 31.2. The largest absolute Gasteiger partial charge is 0.465 e. The molecule has 0 aliphatic carbocycles. The molecular weight excluding hydrogens is 585 g/mol. The van der Waals surface area contributed by atoms with Crippen molar-refractivity contribution in [1.29, 1.82) is 0 Å². The Bertz CT molecular complexity index is 1560. The first kappa shape index (κ1) is 31.7. The zero-order valence-corrected chi connectivity index (χ0v) is 23.8. The molecule has 0 saturated carbocycles. The van der Waals surface area contributed by atoms with Crippen molar-refractivity contribution in [2.45, 2.75) is 43.5 Å². The predicted molar refractivity (Wildman–Crippen MR) is 151 cm³/mol. The van der Waals surface area contributed by atoms with E-state index in [1.807, 2.05) is 0 Å². The number of aliphatic hydroxyl groups is 2. The molecule has 43 heavy (non-hydrogen) atoms. The van der Waals surface area contributed by atoms with Gasteiger partial charge in [-0.25, -0.2) is 9.36 Å². The van der Waals surface area contributed by atoms with E-state index in [0.29, 0.717) is 5.56 Å².